The van der Waals surface area contributed by atoms with Gasteiger partial charge in [0.1, 0.15) is 6.04 Å². The molecule has 1 aromatic rings. The second-order valence-electron chi connectivity index (χ2n) is 3.80. The van der Waals surface area contributed by atoms with Gasteiger partial charge < -0.3 is 10.6 Å². The highest BCUT2D eigenvalue weighted by atomic mass is 16.2. The molecule has 1 radical (unpaired) electrons. The molecule has 0 aromatic heterocycles. The first-order valence-corrected chi connectivity index (χ1v) is 5.57. The highest BCUT2D eigenvalue weighted by Gasteiger charge is 2.19. The summed E-state index contributed by atoms with van der Waals surface area (Å²) in [4.78, 5) is 32.9. The molecule has 95 valence electrons. The Balaban J connectivity index is 2.68. The summed E-state index contributed by atoms with van der Waals surface area (Å²) in [5.74, 6) is -0.682. The van der Waals surface area contributed by atoms with Crippen LogP contribution in [0.3, 0.4) is 0 Å². The predicted molar refractivity (Wildman–Crippen MR) is 66.5 cm³/mol. The molecule has 1 atom stereocenters. The van der Waals surface area contributed by atoms with E-state index >= 15 is 0 Å². The molecule has 0 saturated carbocycles. The van der Waals surface area contributed by atoms with Gasteiger partial charge in [0.25, 0.3) is 0 Å². The molecule has 1 aromatic carbocycles. The zero-order valence-corrected chi connectivity index (χ0v) is 10.1. The zero-order chi connectivity index (χ0) is 13.4. The van der Waals surface area contributed by atoms with Crippen molar-refractivity contribution in [3.63, 3.8) is 0 Å². The first kappa shape index (κ1) is 13.9. The molecular weight excluding hydrogens is 232 g/mol. The van der Waals surface area contributed by atoms with Gasteiger partial charge in [-0.15, -0.1) is 0 Å². The number of nitrogens with one attached hydrogen (secondary N) is 2. The zero-order valence-electron chi connectivity index (χ0n) is 10.1. The minimum atomic E-state index is -0.682. The number of benzene rings is 1. The maximum atomic E-state index is 11.7. The Morgan fingerprint density at radius 1 is 1.28 bits per heavy atom. The lowest BCUT2D eigenvalue weighted by molar-refractivity contribution is -0.127. The highest BCUT2D eigenvalue weighted by molar-refractivity contribution is 5.88. The molecule has 0 fully saturated rings. The normalized spacial score (nSPS) is 11.4. The van der Waals surface area contributed by atoms with Crippen molar-refractivity contribution in [1.82, 2.24) is 10.6 Å². The van der Waals surface area contributed by atoms with Gasteiger partial charge in [0, 0.05) is 13.3 Å². The van der Waals surface area contributed by atoms with E-state index in [1.165, 1.54) is 6.92 Å². The van der Waals surface area contributed by atoms with Gasteiger partial charge in [-0.05, 0) is 5.56 Å². The monoisotopic (exact) mass is 247 g/mol. The van der Waals surface area contributed by atoms with Gasteiger partial charge in [0.15, 0.2) is 0 Å². The Kier molecular flexibility index (Phi) is 5.57. The van der Waals surface area contributed by atoms with Gasteiger partial charge in [0.05, 0.1) is 6.54 Å². The van der Waals surface area contributed by atoms with Crippen LogP contribution in [0.5, 0.6) is 0 Å². The fraction of sp³-hybridized carbons (Fsp3) is 0.308. The van der Waals surface area contributed by atoms with Gasteiger partial charge in [0.2, 0.25) is 18.1 Å². The van der Waals surface area contributed by atoms with E-state index in [0.717, 1.165) is 5.56 Å². The molecule has 18 heavy (non-hydrogen) atoms. The Hall–Kier alpha value is -2.17. The number of carbonyl (C=O) groups is 2. The molecule has 5 heteroatoms. The van der Waals surface area contributed by atoms with Crippen LogP contribution >= 0.6 is 0 Å². The minimum Gasteiger partial charge on any atom is -0.347 e. The number of hydrogen-bond donors (Lipinski definition) is 2. The molecule has 0 heterocycles. The molecule has 0 bridgehead atoms. The topological polar surface area (TPSA) is 75.3 Å². The summed E-state index contributed by atoms with van der Waals surface area (Å²) < 4.78 is 0. The standard InChI is InChI=1S/C13H15N2O3/c1-10(17)15-12(13(18)14-7-8-16)9-11-5-3-2-4-6-11/h2-6,12H,7,9H2,1H3,(H,14,18)(H,15,17). The van der Waals surface area contributed by atoms with E-state index in [4.69, 9.17) is 0 Å². The lowest BCUT2D eigenvalue weighted by atomic mass is 10.1. The summed E-state index contributed by atoms with van der Waals surface area (Å²) in [6.45, 7) is 1.17. The second kappa shape index (κ2) is 7.21. The summed E-state index contributed by atoms with van der Waals surface area (Å²) >= 11 is 0. The van der Waals surface area contributed by atoms with Crippen LogP contribution in [0.1, 0.15) is 12.5 Å². The molecule has 0 spiro atoms. The number of hydrogen-bond acceptors (Lipinski definition) is 3. The molecule has 5 nitrogen and oxygen atoms in total. The second-order valence-corrected chi connectivity index (χ2v) is 3.80. The molecule has 2 amide bonds. The largest absolute Gasteiger partial charge is 0.347 e. The Labute approximate surface area is 106 Å². The summed E-state index contributed by atoms with van der Waals surface area (Å²) in [7, 11) is 0. The third-order valence-corrected chi connectivity index (χ3v) is 2.31. The third kappa shape index (κ3) is 4.78. The SMILES string of the molecule is CC(=O)NC(Cc1ccccc1)C(=O)NC[C]=O. The van der Waals surface area contributed by atoms with Crippen molar-refractivity contribution in [2.45, 2.75) is 19.4 Å². The van der Waals surface area contributed by atoms with Crippen LogP contribution in [0.2, 0.25) is 0 Å². The van der Waals surface area contributed by atoms with Crippen LogP contribution in [0.25, 0.3) is 0 Å². The first-order valence-electron chi connectivity index (χ1n) is 5.57. The minimum absolute atomic E-state index is 0.177. The van der Waals surface area contributed by atoms with Crippen LogP contribution < -0.4 is 10.6 Å². The van der Waals surface area contributed by atoms with Crippen molar-refractivity contribution in [2.24, 2.45) is 0 Å². The fourth-order valence-corrected chi connectivity index (χ4v) is 1.55. The predicted octanol–water partition coefficient (Wildman–Crippen LogP) is -0.0403. The first-order chi connectivity index (χ1) is 8.63. The van der Waals surface area contributed by atoms with Crippen LogP contribution in [-0.2, 0) is 20.8 Å². The lowest BCUT2D eigenvalue weighted by Gasteiger charge is -2.16. The molecular formula is C13H15N2O3. The average Bonchev–Trinajstić information content (AvgIpc) is 2.36. The van der Waals surface area contributed by atoms with Crippen molar-refractivity contribution in [3.05, 3.63) is 35.9 Å². The molecule has 2 N–H and O–H groups in total. The molecule has 1 unspecified atom stereocenters. The van der Waals surface area contributed by atoms with Gasteiger partial charge in [-0.2, -0.15) is 0 Å². The smallest absolute Gasteiger partial charge is 0.243 e. The van der Waals surface area contributed by atoms with E-state index < -0.39 is 11.9 Å². The maximum Gasteiger partial charge on any atom is 0.243 e. The summed E-state index contributed by atoms with van der Waals surface area (Å²) in [5, 5.41) is 4.94. The number of rotatable bonds is 6. The Morgan fingerprint density at radius 3 is 2.50 bits per heavy atom. The van der Waals surface area contributed by atoms with Crippen LogP contribution in [0.4, 0.5) is 0 Å². The summed E-state index contributed by atoms with van der Waals surface area (Å²) in [6.07, 6.45) is 1.96. The number of amides is 2. The van der Waals surface area contributed by atoms with Gasteiger partial charge in [-0.1, -0.05) is 30.3 Å². The lowest BCUT2D eigenvalue weighted by Crippen LogP contribution is -2.47. The van der Waals surface area contributed by atoms with Gasteiger partial charge >= 0.3 is 0 Å². The molecule has 0 aliphatic heterocycles. The van der Waals surface area contributed by atoms with E-state index in [-0.39, 0.29) is 12.5 Å². The Bertz CT molecular complexity index is 418. The molecule has 0 aliphatic rings. The van der Waals surface area contributed by atoms with Crippen LogP contribution in [0.15, 0.2) is 30.3 Å². The fourth-order valence-electron chi connectivity index (χ4n) is 1.55. The summed E-state index contributed by atoms with van der Waals surface area (Å²) in [6, 6.07) is 8.65. The summed E-state index contributed by atoms with van der Waals surface area (Å²) in [5.41, 5.74) is 0.932. The van der Waals surface area contributed by atoms with E-state index in [2.05, 4.69) is 10.6 Å². The van der Waals surface area contributed by atoms with Gasteiger partial charge in [-0.25, -0.2) is 0 Å². The van der Waals surface area contributed by atoms with Crippen molar-refractivity contribution in [3.8, 4) is 0 Å². The van der Waals surface area contributed by atoms with Crippen molar-refractivity contribution >= 4 is 18.1 Å². The molecule has 1 rings (SSSR count). The highest BCUT2D eigenvalue weighted by Crippen LogP contribution is 2.03. The van der Waals surface area contributed by atoms with Crippen molar-refractivity contribution in [1.29, 1.82) is 0 Å². The maximum absolute atomic E-state index is 11.7. The van der Waals surface area contributed by atoms with E-state index in [1.807, 2.05) is 30.3 Å². The van der Waals surface area contributed by atoms with Crippen LogP contribution in [0, 0.1) is 0 Å². The van der Waals surface area contributed by atoms with E-state index in [9.17, 15) is 14.4 Å². The van der Waals surface area contributed by atoms with Gasteiger partial charge in [-0.3, -0.25) is 14.4 Å². The average molecular weight is 247 g/mol. The van der Waals surface area contributed by atoms with Crippen LogP contribution in [-0.4, -0.2) is 30.7 Å². The van der Waals surface area contributed by atoms with E-state index in [1.54, 1.807) is 6.29 Å². The Morgan fingerprint density at radius 2 is 1.94 bits per heavy atom. The third-order valence-electron chi connectivity index (χ3n) is 2.31. The van der Waals surface area contributed by atoms with E-state index in [0.29, 0.717) is 6.42 Å². The molecule has 0 saturated heterocycles. The van der Waals surface area contributed by atoms with Crippen molar-refractivity contribution in [2.75, 3.05) is 6.54 Å². The molecule has 0 aliphatic carbocycles. The quantitative estimate of drug-likeness (QED) is 0.740. The number of carbonyl (C=O) groups excluding carboxylic acids is 3. The van der Waals surface area contributed by atoms with Crippen molar-refractivity contribution < 1.29 is 14.4 Å².